The molecule has 0 radical (unpaired) electrons. The van der Waals surface area contributed by atoms with Gasteiger partial charge in [0.15, 0.2) is 0 Å². The topological polar surface area (TPSA) is 38.3 Å². The van der Waals surface area contributed by atoms with Crippen molar-refractivity contribution in [3.05, 3.63) is 29.8 Å². The summed E-state index contributed by atoms with van der Waals surface area (Å²) in [5.74, 6) is 1.87. The second kappa shape index (κ2) is 6.07. The van der Waals surface area contributed by atoms with E-state index in [9.17, 15) is 4.79 Å². The molecule has 1 N–H and O–H groups in total. The maximum Gasteiger partial charge on any atom is 0.150 e. The van der Waals surface area contributed by atoms with Gasteiger partial charge in [0.2, 0.25) is 0 Å². The maximum absolute atomic E-state index is 10.5. The first kappa shape index (κ1) is 12.5. The molecule has 1 aromatic rings. The molecule has 2 atom stereocenters. The predicted octanol–water partition coefficient (Wildman–Crippen LogP) is 2.32. The SMILES string of the molecule is CC1NCSC1CCOc1ccc(C=O)cc1. The summed E-state index contributed by atoms with van der Waals surface area (Å²) in [6, 6.07) is 7.80. The zero-order chi connectivity index (χ0) is 12.1. The van der Waals surface area contributed by atoms with Crippen LogP contribution in [0.3, 0.4) is 0 Å². The van der Waals surface area contributed by atoms with Crippen LogP contribution in [0.15, 0.2) is 24.3 Å². The van der Waals surface area contributed by atoms with E-state index in [0.29, 0.717) is 16.9 Å². The summed E-state index contributed by atoms with van der Waals surface area (Å²) in [5, 5.41) is 4.04. The molecule has 0 bridgehead atoms. The number of thioether (sulfide) groups is 1. The van der Waals surface area contributed by atoms with Crippen molar-refractivity contribution in [3.63, 3.8) is 0 Å². The first-order chi connectivity index (χ1) is 8.29. The van der Waals surface area contributed by atoms with Gasteiger partial charge in [0.25, 0.3) is 0 Å². The van der Waals surface area contributed by atoms with Crippen molar-refractivity contribution < 1.29 is 9.53 Å². The minimum Gasteiger partial charge on any atom is -0.494 e. The molecular formula is C13H17NO2S. The van der Waals surface area contributed by atoms with Crippen molar-refractivity contribution in [1.29, 1.82) is 0 Å². The molecule has 1 aromatic carbocycles. The van der Waals surface area contributed by atoms with E-state index < -0.39 is 0 Å². The molecule has 1 aliphatic rings. The van der Waals surface area contributed by atoms with Crippen LogP contribution in [-0.2, 0) is 0 Å². The largest absolute Gasteiger partial charge is 0.494 e. The molecule has 17 heavy (non-hydrogen) atoms. The number of hydrogen-bond acceptors (Lipinski definition) is 4. The molecule has 2 rings (SSSR count). The summed E-state index contributed by atoms with van der Waals surface area (Å²) in [7, 11) is 0. The smallest absolute Gasteiger partial charge is 0.150 e. The van der Waals surface area contributed by atoms with E-state index in [0.717, 1.165) is 30.9 Å². The van der Waals surface area contributed by atoms with E-state index in [1.54, 1.807) is 12.1 Å². The first-order valence-electron chi connectivity index (χ1n) is 5.82. The average Bonchev–Trinajstić information content (AvgIpc) is 2.76. The van der Waals surface area contributed by atoms with Crippen molar-refractivity contribution >= 4 is 18.0 Å². The number of nitrogens with one attached hydrogen (secondary N) is 1. The summed E-state index contributed by atoms with van der Waals surface area (Å²) in [6.07, 6.45) is 1.89. The molecule has 1 fully saturated rings. The molecule has 3 nitrogen and oxygen atoms in total. The van der Waals surface area contributed by atoms with E-state index in [4.69, 9.17) is 4.74 Å². The van der Waals surface area contributed by atoms with Crippen LogP contribution in [0.5, 0.6) is 5.75 Å². The molecule has 1 aliphatic heterocycles. The summed E-state index contributed by atoms with van der Waals surface area (Å²) in [5.41, 5.74) is 0.682. The second-order valence-corrected chi connectivity index (χ2v) is 5.39. The van der Waals surface area contributed by atoms with Crippen LogP contribution >= 0.6 is 11.8 Å². The van der Waals surface area contributed by atoms with Crippen LogP contribution in [-0.4, -0.2) is 30.1 Å². The Morgan fingerprint density at radius 1 is 1.47 bits per heavy atom. The van der Waals surface area contributed by atoms with Gasteiger partial charge in [-0.3, -0.25) is 4.79 Å². The third kappa shape index (κ3) is 3.48. The highest BCUT2D eigenvalue weighted by molar-refractivity contribution is 8.00. The predicted molar refractivity (Wildman–Crippen MR) is 70.8 cm³/mol. The quantitative estimate of drug-likeness (QED) is 0.815. The fourth-order valence-electron chi connectivity index (χ4n) is 1.83. The van der Waals surface area contributed by atoms with Crippen molar-refractivity contribution in [2.75, 3.05) is 12.5 Å². The molecule has 0 aliphatic carbocycles. The zero-order valence-electron chi connectivity index (χ0n) is 9.89. The monoisotopic (exact) mass is 251 g/mol. The van der Waals surface area contributed by atoms with Crippen molar-refractivity contribution in [2.24, 2.45) is 0 Å². The zero-order valence-corrected chi connectivity index (χ0v) is 10.7. The van der Waals surface area contributed by atoms with Crippen molar-refractivity contribution in [2.45, 2.75) is 24.6 Å². The van der Waals surface area contributed by atoms with E-state index in [-0.39, 0.29) is 0 Å². The molecule has 1 heterocycles. The molecular weight excluding hydrogens is 234 g/mol. The van der Waals surface area contributed by atoms with Gasteiger partial charge in [0.05, 0.1) is 6.61 Å². The van der Waals surface area contributed by atoms with Gasteiger partial charge < -0.3 is 10.1 Å². The van der Waals surface area contributed by atoms with Crippen LogP contribution in [0.4, 0.5) is 0 Å². The maximum atomic E-state index is 10.5. The lowest BCUT2D eigenvalue weighted by Crippen LogP contribution is -2.27. The van der Waals surface area contributed by atoms with Gasteiger partial charge in [-0.05, 0) is 37.6 Å². The van der Waals surface area contributed by atoms with Crippen LogP contribution in [0.2, 0.25) is 0 Å². The Morgan fingerprint density at radius 3 is 2.82 bits per heavy atom. The lowest BCUT2D eigenvalue weighted by atomic mass is 10.2. The number of rotatable bonds is 5. The minimum atomic E-state index is 0.570. The number of hydrogen-bond donors (Lipinski definition) is 1. The normalized spacial score (nSPS) is 23.6. The van der Waals surface area contributed by atoms with Gasteiger partial charge in [0, 0.05) is 22.7 Å². The van der Waals surface area contributed by atoms with E-state index in [2.05, 4.69) is 12.2 Å². The summed E-state index contributed by atoms with van der Waals surface area (Å²) < 4.78 is 5.66. The van der Waals surface area contributed by atoms with Crippen LogP contribution in [0.25, 0.3) is 0 Å². The highest BCUT2D eigenvalue weighted by atomic mass is 32.2. The van der Waals surface area contributed by atoms with Crippen LogP contribution in [0.1, 0.15) is 23.7 Å². The molecule has 92 valence electrons. The summed E-state index contributed by atoms with van der Waals surface area (Å²) >= 11 is 1.95. The van der Waals surface area contributed by atoms with E-state index >= 15 is 0 Å². The Hall–Kier alpha value is -1.00. The standard InChI is InChI=1S/C13H17NO2S/c1-10-13(17-9-14-10)6-7-16-12-4-2-11(8-15)3-5-12/h2-5,8,10,13-14H,6-7,9H2,1H3. The van der Waals surface area contributed by atoms with Crippen LogP contribution < -0.4 is 10.1 Å². The second-order valence-electron chi connectivity index (χ2n) is 4.17. The Bertz CT molecular complexity index is 366. The number of ether oxygens (including phenoxy) is 1. The fourth-order valence-corrected chi connectivity index (χ4v) is 3.05. The van der Waals surface area contributed by atoms with Crippen molar-refractivity contribution in [1.82, 2.24) is 5.32 Å². The summed E-state index contributed by atoms with van der Waals surface area (Å²) in [6.45, 7) is 2.94. The van der Waals surface area contributed by atoms with E-state index in [1.807, 2.05) is 23.9 Å². The molecule has 0 aromatic heterocycles. The molecule has 4 heteroatoms. The van der Waals surface area contributed by atoms with Gasteiger partial charge in [-0.1, -0.05) is 0 Å². The Labute approximate surface area is 106 Å². The van der Waals surface area contributed by atoms with Crippen LogP contribution in [0, 0.1) is 0 Å². The molecule has 0 spiro atoms. The number of benzene rings is 1. The molecule has 1 saturated heterocycles. The molecule has 0 saturated carbocycles. The van der Waals surface area contributed by atoms with E-state index in [1.165, 1.54) is 0 Å². The fraction of sp³-hybridized carbons (Fsp3) is 0.462. The highest BCUT2D eigenvalue weighted by Gasteiger charge is 2.22. The number of carbonyl (C=O) groups is 1. The minimum absolute atomic E-state index is 0.570. The summed E-state index contributed by atoms with van der Waals surface area (Å²) in [4.78, 5) is 10.5. The lowest BCUT2D eigenvalue weighted by Gasteiger charge is -2.14. The third-order valence-electron chi connectivity index (χ3n) is 2.95. The highest BCUT2D eigenvalue weighted by Crippen LogP contribution is 2.23. The van der Waals surface area contributed by atoms with Gasteiger partial charge in [-0.25, -0.2) is 0 Å². The number of carbonyl (C=O) groups excluding carboxylic acids is 1. The average molecular weight is 251 g/mol. The lowest BCUT2D eigenvalue weighted by molar-refractivity contribution is 0.112. The van der Waals surface area contributed by atoms with Gasteiger partial charge in [-0.15, -0.1) is 11.8 Å². The van der Waals surface area contributed by atoms with Gasteiger partial charge in [0.1, 0.15) is 12.0 Å². The van der Waals surface area contributed by atoms with Crippen molar-refractivity contribution in [3.8, 4) is 5.75 Å². The molecule has 2 unspecified atom stereocenters. The van der Waals surface area contributed by atoms with Gasteiger partial charge in [-0.2, -0.15) is 0 Å². The number of aldehydes is 1. The van der Waals surface area contributed by atoms with Gasteiger partial charge >= 0.3 is 0 Å². The molecule has 0 amide bonds. The Kier molecular flexibility index (Phi) is 4.45. The first-order valence-corrected chi connectivity index (χ1v) is 6.87. The third-order valence-corrected chi connectivity index (χ3v) is 4.35. The Balaban J connectivity index is 1.75. The Morgan fingerprint density at radius 2 is 2.24 bits per heavy atom.